The molecule has 4 heteroatoms. The second-order valence-corrected chi connectivity index (χ2v) is 3.54. The Hall–Kier alpha value is -1.31. The molecular formula is C10H5NOS2. The van der Waals surface area contributed by atoms with Crippen molar-refractivity contribution in [3.05, 3.63) is 34.5 Å². The van der Waals surface area contributed by atoms with Crippen molar-refractivity contribution in [1.29, 1.82) is 5.26 Å². The zero-order chi connectivity index (χ0) is 10.1. The Kier molecular flexibility index (Phi) is 2.28. The Morgan fingerprint density at radius 3 is 2.79 bits per heavy atom. The van der Waals surface area contributed by atoms with Crippen LogP contribution in [0, 0.1) is 16.0 Å². The van der Waals surface area contributed by atoms with E-state index in [0.29, 0.717) is 16.0 Å². The quantitative estimate of drug-likeness (QED) is 0.545. The van der Waals surface area contributed by atoms with E-state index >= 15 is 0 Å². The Bertz CT molecular complexity index is 595. The molecule has 0 saturated carbocycles. The lowest BCUT2D eigenvalue weighted by atomic mass is 10.2. The Morgan fingerprint density at radius 2 is 2.07 bits per heavy atom. The summed E-state index contributed by atoms with van der Waals surface area (Å²) in [6.45, 7) is 0. The summed E-state index contributed by atoms with van der Waals surface area (Å²) in [6, 6.07) is 9.33. The number of hydrogen-bond acceptors (Lipinski definition) is 4. The number of nitrogens with zero attached hydrogens (tertiary/aromatic N) is 1. The molecule has 1 heterocycles. The standard InChI is InChI=1S/C10H5NOS2/c11-5-7-9(13)6-3-1-2-4-8(6)12-10(7)14/h1-4,13H. The molecule has 0 saturated heterocycles. The highest BCUT2D eigenvalue weighted by Crippen LogP contribution is 2.26. The maximum atomic E-state index is 8.83. The highest BCUT2D eigenvalue weighted by molar-refractivity contribution is 7.80. The second kappa shape index (κ2) is 3.45. The molecule has 1 aromatic carbocycles. The van der Waals surface area contributed by atoms with E-state index in [2.05, 4.69) is 12.6 Å². The fourth-order valence-electron chi connectivity index (χ4n) is 1.23. The molecular weight excluding hydrogens is 214 g/mol. The third-order valence-corrected chi connectivity index (χ3v) is 2.65. The highest BCUT2D eigenvalue weighted by atomic mass is 32.1. The van der Waals surface area contributed by atoms with Gasteiger partial charge >= 0.3 is 0 Å². The lowest BCUT2D eigenvalue weighted by Gasteiger charge is -2.01. The number of thiol groups is 1. The molecule has 0 N–H and O–H groups in total. The van der Waals surface area contributed by atoms with E-state index in [9.17, 15) is 0 Å². The Morgan fingerprint density at radius 1 is 1.36 bits per heavy atom. The molecule has 1 aromatic heterocycles. The second-order valence-electron chi connectivity index (χ2n) is 2.72. The van der Waals surface area contributed by atoms with Gasteiger partial charge in [-0.25, -0.2) is 0 Å². The number of benzene rings is 1. The van der Waals surface area contributed by atoms with E-state index < -0.39 is 0 Å². The first kappa shape index (κ1) is 9.25. The molecule has 0 unspecified atom stereocenters. The van der Waals surface area contributed by atoms with Crippen LogP contribution >= 0.6 is 24.8 Å². The lowest BCUT2D eigenvalue weighted by Crippen LogP contribution is -1.83. The molecule has 0 radical (unpaired) electrons. The number of hydrogen-bond donors (Lipinski definition) is 1. The lowest BCUT2D eigenvalue weighted by molar-refractivity contribution is 0.580. The first-order valence-electron chi connectivity index (χ1n) is 3.89. The van der Waals surface area contributed by atoms with Gasteiger partial charge < -0.3 is 4.42 Å². The van der Waals surface area contributed by atoms with Gasteiger partial charge in [0.1, 0.15) is 17.2 Å². The first-order valence-corrected chi connectivity index (χ1v) is 4.74. The monoisotopic (exact) mass is 219 g/mol. The average molecular weight is 219 g/mol. The minimum Gasteiger partial charge on any atom is -0.444 e. The van der Waals surface area contributed by atoms with Crippen molar-refractivity contribution in [2.24, 2.45) is 0 Å². The van der Waals surface area contributed by atoms with Gasteiger partial charge in [0.15, 0.2) is 0 Å². The maximum Gasteiger partial charge on any atom is 0.209 e. The van der Waals surface area contributed by atoms with Gasteiger partial charge in [-0.3, -0.25) is 0 Å². The van der Waals surface area contributed by atoms with Crippen LogP contribution in [0.5, 0.6) is 0 Å². The van der Waals surface area contributed by atoms with Crippen LogP contribution < -0.4 is 0 Å². The fraction of sp³-hybridized carbons (Fsp3) is 0. The van der Waals surface area contributed by atoms with Gasteiger partial charge in [0, 0.05) is 10.3 Å². The van der Waals surface area contributed by atoms with Gasteiger partial charge in [0.05, 0.1) is 0 Å². The Balaban J connectivity index is 3.02. The van der Waals surface area contributed by atoms with Gasteiger partial charge in [0.2, 0.25) is 4.71 Å². The van der Waals surface area contributed by atoms with E-state index in [1.165, 1.54) is 0 Å². The summed E-state index contributed by atoms with van der Waals surface area (Å²) in [6.07, 6.45) is 0. The molecule has 0 aliphatic heterocycles. The van der Waals surface area contributed by atoms with Crippen molar-refractivity contribution < 1.29 is 4.42 Å². The molecule has 2 nitrogen and oxygen atoms in total. The molecule has 0 spiro atoms. The molecule has 68 valence electrons. The minimum atomic E-state index is 0.191. The van der Waals surface area contributed by atoms with Crippen LogP contribution in [-0.4, -0.2) is 0 Å². The van der Waals surface area contributed by atoms with E-state index in [1.807, 2.05) is 24.3 Å². The van der Waals surface area contributed by atoms with Crippen molar-refractivity contribution in [3.8, 4) is 6.07 Å². The number of nitriles is 1. The van der Waals surface area contributed by atoms with Crippen molar-refractivity contribution in [3.63, 3.8) is 0 Å². The minimum absolute atomic E-state index is 0.191. The maximum absolute atomic E-state index is 8.83. The number of para-hydroxylation sites is 1. The summed E-state index contributed by atoms with van der Waals surface area (Å²) in [4.78, 5) is 0.583. The van der Waals surface area contributed by atoms with Gasteiger partial charge in [-0.1, -0.05) is 18.2 Å². The summed E-state index contributed by atoms with van der Waals surface area (Å²) < 4.78 is 5.50. The summed E-state index contributed by atoms with van der Waals surface area (Å²) in [7, 11) is 0. The highest BCUT2D eigenvalue weighted by Gasteiger charge is 2.07. The van der Waals surface area contributed by atoms with Crippen LogP contribution in [-0.2, 0) is 0 Å². The van der Waals surface area contributed by atoms with E-state index in [4.69, 9.17) is 21.9 Å². The van der Waals surface area contributed by atoms with Crippen LogP contribution in [0.25, 0.3) is 11.0 Å². The molecule has 0 aliphatic rings. The summed E-state index contributed by atoms with van der Waals surface area (Å²) >= 11 is 9.19. The van der Waals surface area contributed by atoms with E-state index in [0.717, 1.165) is 5.39 Å². The third kappa shape index (κ3) is 1.31. The normalized spacial score (nSPS) is 10.0. The van der Waals surface area contributed by atoms with Crippen LogP contribution in [0.2, 0.25) is 0 Å². The summed E-state index contributed by atoms with van der Waals surface area (Å²) in [5.74, 6) is 0. The fourth-order valence-corrected chi connectivity index (χ4v) is 1.88. The van der Waals surface area contributed by atoms with Crippen molar-refractivity contribution in [1.82, 2.24) is 0 Å². The van der Waals surface area contributed by atoms with Crippen molar-refractivity contribution >= 4 is 35.8 Å². The van der Waals surface area contributed by atoms with Gasteiger partial charge in [-0.2, -0.15) is 5.26 Å². The molecule has 2 aromatic rings. The van der Waals surface area contributed by atoms with Gasteiger partial charge in [0.25, 0.3) is 0 Å². The summed E-state index contributed by atoms with van der Waals surface area (Å²) in [5.41, 5.74) is 0.975. The van der Waals surface area contributed by atoms with Crippen LogP contribution in [0.1, 0.15) is 5.56 Å². The summed E-state index contributed by atoms with van der Waals surface area (Å²) in [5, 5.41) is 9.64. The van der Waals surface area contributed by atoms with Crippen LogP contribution in [0.3, 0.4) is 0 Å². The SMILES string of the molecule is N#Cc1c(S)c2ccccc2oc1=S. The molecule has 0 bridgehead atoms. The largest absolute Gasteiger partial charge is 0.444 e. The molecule has 2 rings (SSSR count). The first-order chi connectivity index (χ1) is 6.74. The average Bonchev–Trinajstić information content (AvgIpc) is 2.18. The third-order valence-electron chi connectivity index (χ3n) is 1.90. The molecule has 0 amide bonds. The zero-order valence-electron chi connectivity index (χ0n) is 7.02. The van der Waals surface area contributed by atoms with Crippen molar-refractivity contribution in [2.75, 3.05) is 0 Å². The predicted octanol–water partition coefficient (Wildman–Crippen LogP) is 3.32. The van der Waals surface area contributed by atoms with Crippen LogP contribution in [0.15, 0.2) is 33.6 Å². The van der Waals surface area contributed by atoms with E-state index in [-0.39, 0.29) is 4.71 Å². The Labute approximate surface area is 91.2 Å². The smallest absolute Gasteiger partial charge is 0.209 e. The van der Waals surface area contributed by atoms with Gasteiger partial charge in [-0.05, 0) is 18.3 Å². The van der Waals surface area contributed by atoms with Crippen molar-refractivity contribution in [2.45, 2.75) is 4.90 Å². The van der Waals surface area contributed by atoms with E-state index in [1.54, 1.807) is 6.07 Å². The molecule has 14 heavy (non-hydrogen) atoms. The topological polar surface area (TPSA) is 36.9 Å². The zero-order valence-corrected chi connectivity index (χ0v) is 8.73. The number of rotatable bonds is 0. The molecule has 0 atom stereocenters. The molecule has 0 fully saturated rings. The van der Waals surface area contributed by atoms with Gasteiger partial charge in [-0.15, -0.1) is 12.6 Å². The van der Waals surface area contributed by atoms with Crippen LogP contribution in [0.4, 0.5) is 0 Å². The predicted molar refractivity (Wildman–Crippen MR) is 59.0 cm³/mol. The number of fused-ring (bicyclic) bond motifs is 1. The molecule has 0 aliphatic carbocycles.